The van der Waals surface area contributed by atoms with Crippen molar-refractivity contribution in [2.45, 2.75) is 13.8 Å². The van der Waals surface area contributed by atoms with E-state index in [0.717, 1.165) is 17.1 Å². The van der Waals surface area contributed by atoms with E-state index < -0.39 is 0 Å². The first-order chi connectivity index (χ1) is 10.3. The Morgan fingerprint density at radius 2 is 1.90 bits per heavy atom. The van der Waals surface area contributed by atoms with Crippen molar-refractivity contribution in [2.24, 2.45) is 5.10 Å². The minimum absolute atomic E-state index is 0.590. The van der Waals surface area contributed by atoms with Crippen LogP contribution in [0.4, 0.5) is 5.82 Å². The number of rotatable bonds is 7. The van der Waals surface area contributed by atoms with Gasteiger partial charge < -0.3 is 9.47 Å². The van der Waals surface area contributed by atoms with E-state index in [1.54, 1.807) is 12.4 Å². The minimum atomic E-state index is 0.590. The van der Waals surface area contributed by atoms with Gasteiger partial charge in [-0.1, -0.05) is 6.07 Å². The quantitative estimate of drug-likeness (QED) is 0.626. The van der Waals surface area contributed by atoms with Gasteiger partial charge in [-0.3, -0.25) is 5.43 Å². The number of ether oxygens (including phenoxy) is 2. The van der Waals surface area contributed by atoms with Crippen molar-refractivity contribution >= 4 is 12.0 Å². The van der Waals surface area contributed by atoms with Crippen molar-refractivity contribution < 1.29 is 9.47 Å². The van der Waals surface area contributed by atoms with Crippen molar-refractivity contribution in [1.82, 2.24) is 4.98 Å². The zero-order chi connectivity index (χ0) is 14.9. The molecule has 0 saturated heterocycles. The molecule has 2 aromatic rings. The van der Waals surface area contributed by atoms with Gasteiger partial charge in [0.1, 0.15) is 5.82 Å². The molecule has 1 N–H and O–H groups in total. The predicted molar refractivity (Wildman–Crippen MR) is 84.2 cm³/mol. The largest absolute Gasteiger partial charge is 0.490 e. The average Bonchev–Trinajstić information content (AvgIpc) is 2.51. The lowest BCUT2D eigenvalue weighted by atomic mass is 10.2. The van der Waals surface area contributed by atoms with Gasteiger partial charge >= 0.3 is 0 Å². The molecule has 1 aromatic carbocycles. The Bertz CT molecular complexity index is 585. The van der Waals surface area contributed by atoms with E-state index in [9.17, 15) is 0 Å². The Morgan fingerprint density at radius 3 is 2.62 bits per heavy atom. The first-order valence-electron chi connectivity index (χ1n) is 6.93. The molecule has 0 spiro atoms. The van der Waals surface area contributed by atoms with Crippen LogP contribution in [-0.2, 0) is 0 Å². The molecule has 0 amide bonds. The second-order valence-electron chi connectivity index (χ2n) is 4.16. The molecule has 0 saturated carbocycles. The lowest BCUT2D eigenvalue weighted by Gasteiger charge is -2.11. The molecule has 0 bridgehead atoms. The summed E-state index contributed by atoms with van der Waals surface area (Å²) in [6, 6.07) is 11.3. The summed E-state index contributed by atoms with van der Waals surface area (Å²) in [6.07, 6.45) is 3.43. The van der Waals surface area contributed by atoms with Gasteiger partial charge in [0.15, 0.2) is 11.5 Å². The van der Waals surface area contributed by atoms with Gasteiger partial charge in [0.2, 0.25) is 0 Å². The fourth-order valence-corrected chi connectivity index (χ4v) is 1.75. The summed E-state index contributed by atoms with van der Waals surface area (Å²) >= 11 is 0. The van der Waals surface area contributed by atoms with E-state index in [1.165, 1.54) is 0 Å². The highest BCUT2D eigenvalue weighted by Gasteiger charge is 2.04. The zero-order valence-corrected chi connectivity index (χ0v) is 12.2. The fraction of sp³-hybridized carbons (Fsp3) is 0.250. The molecule has 21 heavy (non-hydrogen) atoms. The van der Waals surface area contributed by atoms with E-state index in [1.807, 2.05) is 50.2 Å². The molecule has 5 nitrogen and oxygen atoms in total. The molecule has 0 unspecified atom stereocenters. The van der Waals surface area contributed by atoms with E-state index in [4.69, 9.17) is 9.47 Å². The third kappa shape index (κ3) is 4.49. The van der Waals surface area contributed by atoms with Crippen LogP contribution in [0.25, 0.3) is 0 Å². The first kappa shape index (κ1) is 14.8. The third-order valence-corrected chi connectivity index (χ3v) is 2.63. The summed E-state index contributed by atoms with van der Waals surface area (Å²) in [7, 11) is 0. The fourth-order valence-electron chi connectivity index (χ4n) is 1.75. The van der Waals surface area contributed by atoms with Crippen LogP contribution in [-0.4, -0.2) is 24.4 Å². The summed E-state index contributed by atoms with van der Waals surface area (Å²) in [5.41, 5.74) is 3.79. The van der Waals surface area contributed by atoms with Crippen molar-refractivity contribution in [1.29, 1.82) is 0 Å². The highest BCUT2D eigenvalue weighted by Crippen LogP contribution is 2.27. The van der Waals surface area contributed by atoms with E-state index in [2.05, 4.69) is 15.5 Å². The molecule has 1 heterocycles. The van der Waals surface area contributed by atoms with Crippen molar-refractivity contribution in [2.75, 3.05) is 18.6 Å². The Labute approximate surface area is 124 Å². The molecule has 0 aliphatic carbocycles. The van der Waals surface area contributed by atoms with Gasteiger partial charge in [-0.15, -0.1) is 0 Å². The van der Waals surface area contributed by atoms with Gasteiger partial charge in [0.25, 0.3) is 0 Å². The van der Waals surface area contributed by atoms with Crippen LogP contribution in [0.15, 0.2) is 47.7 Å². The molecule has 1 aromatic heterocycles. The van der Waals surface area contributed by atoms with Crippen LogP contribution in [0.2, 0.25) is 0 Å². The number of pyridine rings is 1. The Hall–Kier alpha value is -2.56. The number of nitrogens with one attached hydrogen (secondary N) is 1. The van der Waals surface area contributed by atoms with Crippen LogP contribution >= 0.6 is 0 Å². The smallest absolute Gasteiger partial charge is 0.161 e. The normalized spacial score (nSPS) is 10.6. The van der Waals surface area contributed by atoms with Crippen molar-refractivity contribution in [3.8, 4) is 11.5 Å². The maximum absolute atomic E-state index is 5.58. The number of hydrogen-bond acceptors (Lipinski definition) is 5. The van der Waals surface area contributed by atoms with Gasteiger partial charge in [-0.05, 0) is 49.7 Å². The van der Waals surface area contributed by atoms with E-state index >= 15 is 0 Å². The number of aromatic nitrogens is 1. The number of nitrogens with zero attached hydrogens (tertiary/aromatic N) is 2. The van der Waals surface area contributed by atoms with Crippen molar-refractivity contribution in [3.63, 3.8) is 0 Å². The molecule has 110 valence electrons. The second-order valence-corrected chi connectivity index (χ2v) is 4.16. The molecular formula is C16H19N3O2. The Kier molecular flexibility index (Phi) is 5.58. The minimum Gasteiger partial charge on any atom is -0.490 e. The van der Waals surface area contributed by atoms with Gasteiger partial charge in [-0.25, -0.2) is 4.98 Å². The number of hydrazone groups is 1. The predicted octanol–water partition coefficient (Wildman–Crippen LogP) is 3.33. The topological polar surface area (TPSA) is 55.7 Å². The van der Waals surface area contributed by atoms with E-state index in [-0.39, 0.29) is 0 Å². The molecule has 0 atom stereocenters. The van der Waals surface area contributed by atoms with E-state index in [0.29, 0.717) is 19.0 Å². The number of hydrogen-bond donors (Lipinski definition) is 1. The zero-order valence-electron chi connectivity index (χ0n) is 12.2. The van der Waals surface area contributed by atoms with Crippen LogP contribution in [0.1, 0.15) is 19.4 Å². The molecule has 2 rings (SSSR count). The summed E-state index contributed by atoms with van der Waals surface area (Å²) in [5.74, 6) is 2.17. The maximum Gasteiger partial charge on any atom is 0.161 e. The van der Waals surface area contributed by atoms with Crippen LogP contribution in [0.3, 0.4) is 0 Å². The van der Waals surface area contributed by atoms with Crippen LogP contribution < -0.4 is 14.9 Å². The van der Waals surface area contributed by atoms with Crippen LogP contribution in [0, 0.1) is 0 Å². The molecular weight excluding hydrogens is 266 g/mol. The molecule has 0 radical (unpaired) electrons. The number of anilines is 1. The summed E-state index contributed by atoms with van der Waals surface area (Å²) in [4.78, 5) is 4.13. The highest BCUT2D eigenvalue weighted by atomic mass is 16.5. The molecule has 5 heteroatoms. The lowest BCUT2D eigenvalue weighted by molar-refractivity contribution is 0.288. The summed E-state index contributed by atoms with van der Waals surface area (Å²) in [6.45, 7) is 5.09. The monoisotopic (exact) mass is 285 g/mol. The summed E-state index contributed by atoms with van der Waals surface area (Å²) < 4.78 is 11.1. The second kappa shape index (κ2) is 7.89. The average molecular weight is 285 g/mol. The molecule has 0 fully saturated rings. The van der Waals surface area contributed by atoms with Gasteiger partial charge in [0, 0.05) is 6.20 Å². The standard InChI is InChI=1S/C16H19N3O2/c1-3-20-14-9-8-13(11-15(14)21-4-2)12-18-19-16-7-5-6-10-17-16/h5-12H,3-4H2,1-2H3,(H,17,19)/b18-12-. The Balaban J connectivity index is 2.07. The van der Waals surface area contributed by atoms with Crippen molar-refractivity contribution in [3.05, 3.63) is 48.2 Å². The SMILES string of the molecule is CCOc1ccc(/C=N\Nc2ccccn2)cc1OCC. The van der Waals surface area contributed by atoms with Gasteiger partial charge in [0.05, 0.1) is 19.4 Å². The lowest BCUT2D eigenvalue weighted by Crippen LogP contribution is -1.99. The summed E-state index contributed by atoms with van der Waals surface area (Å²) in [5, 5.41) is 4.15. The third-order valence-electron chi connectivity index (χ3n) is 2.63. The highest BCUT2D eigenvalue weighted by molar-refractivity contribution is 5.81. The molecule has 0 aliphatic rings. The first-order valence-corrected chi connectivity index (χ1v) is 6.93. The van der Waals surface area contributed by atoms with Gasteiger partial charge in [-0.2, -0.15) is 5.10 Å². The van der Waals surface area contributed by atoms with Crippen LogP contribution in [0.5, 0.6) is 11.5 Å². The number of benzene rings is 1. The Morgan fingerprint density at radius 1 is 1.10 bits per heavy atom. The maximum atomic E-state index is 5.58. The molecule has 0 aliphatic heterocycles.